The van der Waals surface area contributed by atoms with Gasteiger partial charge in [-0.1, -0.05) is 13.0 Å². The van der Waals surface area contributed by atoms with Crippen molar-refractivity contribution >= 4 is 5.91 Å². The predicted molar refractivity (Wildman–Crippen MR) is 46.0 cm³/mol. The van der Waals surface area contributed by atoms with Gasteiger partial charge in [0.05, 0.1) is 5.56 Å². The summed E-state index contributed by atoms with van der Waals surface area (Å²) in [6.07, 6.45) is 0.820. The number of primary amides is 1. The zero-order valence-corrected chi connectivity index (χ0v) is 6.87. The van der Waals surface area contributed by atoms with Gasteiger partial charge in [-0.25, -0.2) is 0 Å². The molecule has 0 fully saturated rings. The lowest BCUT2D eigenvalue weighted by Crippen LogP contribution is -2.11. The van der Waals surface area contributed by atoms with E-state index in [1.54, 1.807) is 12.1 Å². The van der Waals surface area contributed by atoms with Crippen LogP contribution in [0.15, 0.2) is 18.2 Å². The van der Waals surface area contributed by atoms with E-state index >= 15 is 0 Å². The largest absolute Gasteiger partial charge is 0.507 e. The summed E-state index contributed by atoms with van der Waals surface area (Å²) in [4.78, 5) is 10.8. The first-order chi connectivity index (χ1) is 5.65. The molecule has 1 aromatic rings. The van der Waals surface area contributed by atoms with Crippen LogP contribution in [0.2, 0.25) is 0 Å². The zero-order chi connectivity index (χ0) is 9.14. The van der Waals surface area contributed by atoms with Crippen molar-refractivity contribution in [3.05, 3.63) is 29.3 Å². The maximum Gasteiger partial charge on any atom is 0.252 e. The summed E-state index contributed by atoms with van der Waals surface area (Å²) in [6.45, 7) is 1.97. The molecule has 1 aromatic carbocycles. The Balaban J connectivity index is 3.17. The molecule has 1 rings (SSSR count). The molecular formula is C9H11NO2. The lowest BCUT2D eigenvalue weighted by atomic mass is 10.1. The van der Waals surface area contributed by atoms with E-state index in [1.165, 1.54) is 6.07 Å². The van der Waals surface area contributed by atoms with Crippen LogP contribution in [0.3, 0.4) is 0 Å². The summed E-state index contributed by atoms with van der Waals surface area (Å²) in [7, 11) is 0. The van der Waals surface area contributed by atoms with Gasteiger partial charge in [-0.05, 0) is 24.1 Å². The molecule has 0 spiro atoms. The molecule has 3 heteroatoms. The first-order valence-electron chi connectivity index (χ1n) is 3.77. The SMILES string of the molecule is CCc1ccc(O)c(C(N)=O)c1. The van der Waals surface area contributed by atoms with Gasteiger partial charge >= 0.3 is 0 Å². The molecule has 0 heterocycles. The van der Waals surface area contributed by atoms with Crippen molar-refractivity contribution in [2.24, 2.45) is 5.73 Å². The predicted octanol–water partition coefficient (Wildman–Crippen LogP) is 1.05. The van der Waals surface area contributed by atoms with E-state index in [4.69, 9.17) is 5.73 Å². The minimum Gasteiger partial charge on any atom is -0.507 e. The fourth-order valence-electron chi connectivity index (χ4n) is 1.00. The lowest BCUT2D eigenvalue weighted by Gasteiger charge is -2.02. The highest BCUT2D eigenvalue weighted by molar-refractivity contribution is 5.95. The van der Waals surface area contributed by atoms with Crippen molar-refractivity contribution in [3.8, 4) is 5.75 Å². The van der Waals surface area contributed by atoms with Gasteiger partial charge in [-0.2, -0.15) is 0 Å². The Hall–Kier alpha value is -1.51. The van der Waals surface area contributed by atoms with Gasteiger partial charge in [0, 0.05) is 0 Å². The molecule has 0 unspecified atom stereocenters. The number of phenols is 1. The highest BCUT2D eigenvalue weighted by Crippen LogP contribution is 2.17. The monoisotopic (exact) mass is 165 g/mol. The molecule has 0 bridgehead atoms. The summed E-state index contributed by atoms with van der Waals surface area (Å²) in [5, 5.41) is 9.20. The third kappa shape index (κ3) is 1.56. The second-order valence-electron chi connectivity index (χ2n) is 2.57. The topological polar surface area (TPSA) is 63.3 Å². The van der Waals surface area contributed by atoms with E-state index in [1.807, 2.05) is 6.92 Å². The van der Waals surface area contributed by atoms with Crippen LogP contribution < -0.4 is 5.73 Å². The van der Waals surface area contributed by atoms with Crippen LogP contribution in [-0.4, -0.2) is 11.0 Å². The van der Waals surface area contributed by atoms with Gasteiger partial charge in [-0.3, -0.25) is 4.79 Å². The van der Waals surface area contributed by atoms with Crippen molar-refractivity contribution in [2.45, 2.75) is 13.3 Å². The smallest absolute Gasteiger partial charge is 0.252 e. The van der Waals surface area contributed by atoms with Gasteiger partial charge < -0.3 is 10.8 Å². The molecule has 0 aromatic heterocycles. The average Bonchev–Trinajstić information content (AvgIpc) is 2.05. The molecule has 0 aliphatic carbocycles. The molecule has 3 N–H and O–H groups in total. The van der Waals surface area contributed by atoms with Crippen LogP contribution in [0.1, 0.15) is 22.8 Å². The van der Waals surface area contributed by atoms with E-state index in [2.05, 4.69) is 0 Å². The van der Waals surface area contributed by atoms with Crippen LogP contribution in [0.25, 0.3) is 0 Å². The van der Waals surface area contributed by atoms with Gasteiger partial charge in [0.1, 0.15) is 5.75 Å². The maximum atomic E-state index is 10.8. The van der Waals surface area contributed by atoms with Crippen molar-refractivity contribution in [1.29, 1.82) is 0 Å². The summed E-state index contributed by atoms with van der Waals surface area (Å²) in [5.41, 5.74) is 6.22. The molecular weight excluding hydrogens is 154 g/mol. The minimum absolute atomic E-state index is 0.0558. The summed E-state index contributed by atoms with van der Waals surface area (Å²) >= 11 is 0. The molecule has 0 aliphatic rings. The van der Waals surface area contributed by atoms with Gasteiger partial charge in [-0.15, -0.1) is 0 Å². The quantitative estimate of drug-likeness (QED) is 0.688. The van der Waals surface area contributed by atoms with Gasteiger partial charge in [0.25, 0.3) is 5.91 Å². The van der Waals surface area contributed by atoms with E-state index in [9.17, 15) is 9.90 Å². The van der Waals surface area contributed by atoms with E-state index in [-0.39, 0.29) is 11.3 Å². The molecule has 3 nitrogen and oxygen atoms in total. The zero-order valence-electron chi connectivity index (χ0n) is 6.87. The number of benzene rings is 1. The van der Waals surface area contributed by atoms with Gasteiger partial charge in [0.15, 0.2) is 0 Å². The van der Waals surface area contributed by atoms with Crippen LogP contribution >= 0.6 is 0 Å². The Labute approximate surface area is 70.8 Å². The molecule has 0 aliphatic heterocycles. The van der Waals surface area contributed by atoms with Crippen molar-refractivity contribution in [1.82, 2.24) is 0 Å². The number of carbonyl (C=O) groups excluding carboxylic acids is 1. The van der Waals surface area contributed by atoms with Crippen LogP contribution in [0.4, 0.5) is 0 Å². The molecule has 0 saturated heterocycles. The highest BCUT2D eigenvalue weighted by Gasteiger charge is 2.06. The Morgan fingerprint density at radius 1 is 1.58 bits per heavy atom. The standard InChI is InChI=1S/C9H11NO2/c1-2-6-3-4-8(11)7(5-6)9(10)12/h3-5,11H,2H2,1H3,(H2,10,12). The number of aromatic hydroxyl groups is 1. The third-order valence-electron chi connectivity index (χ3n) is 1.73. The number of aryl methyl sites for hydroxylation is 1. The first-order valence-corrected chi connectivity index (χ1v) is 3.77. The van der Waals surface area contributed by atoms with Crippen LogP contribution in [0, 0.1) is 0 Å². The Bertz CT molecular complexity index is 307. The first kappa shape index (κ1) is 8.59. The lowest BCUT2D eigenvalue weighted by molar-refractivity contribution is 0.0997. The van der Waals surface area contributed by atoms with Crippen molar-refractivity contribution in [3.63, 3.8) is 0 Å². The number of hydrogen-bond acceptors (Lipinski definition) is 2. The Kier molecular flexibility index (Phi) is 2.33. The number of rotatable bonds is 2. The number of carbonyl (C=O) groups is 1. The molecule has 0 radical (unpaired) electrons. The summed E-state index contributed by atoms with van der Waals surface area (Å²) in [5.74, 6) is -0.650. The highest BCUT2D eigenvalue weighted by atomic mass is 16.3. The van der Waals surface area contributed by atoms with Crippen LogP contribution in [0.5, 0.6) is 5.75 Å². The van der Waals surface area contributed by atoms with E-state index in [0.29, 0.717) is 0 Å². The van der Waals surface area contributed by atoms with Crippen LogP contribution in [-0.2, 0) is 6.42 Å². The molecule has 0 atom stereocenters. The van der Waals surface area contributed by atoms with E-state index in [0.717, 1.165) is 12.0 Å². The summed E-state index contributed by atoms with van der Waals surface area (Å²) in [6, 6.07) is 4.86. The molecule has 0 saturated carbocycles. The van der Waals surface area contributed by atoms with Crippen molar-refractivity contribution < 1.29 is 9.90 Å². The van der Waals surface area contributed by atoms with E-state index < -0.39 is 5.91 Å². The molecule has 1 amide bonds. The summed E-state index contributed by atoms with van der Waals surface area (Å²) < 4.78 is 0. The Morgan fingerprint density at radius 2 is 2.25 bits per heavy atom. The second kappa shape index (κ2) is 3.26. The second-order valence-corrected chi connectivity index (χ2v) is 2.57. The number of amides is 1. The van der Waals surface area contributed by atoms with Gasteiger partial charge in [0.2, 0.25) is 0 Å². The normalized spacial score (nSPS) is 9.75. The minimum atomic E-state index is -0.595. The number of hydrogen-bond donors (Lipinski definition) is 2. The maximum absolute atomic E-state index is 10.8. The number of nitrogens with two attached hydrogens (primary N) is 1. The third-order valence-corrected chi connectivity index (χ3v) is 1.73. The fourth-order valence-corrected chi connectivity index (χ4v) is 1.00. The average molecular weight is 165 g/mol. The molecule has 64 valence electrons. The Morgan fingerprint density at radius 3 is 2.75 bits per heavy atom. The molecule has 12 heavy (non-hydrogen) atoms. The fraction of sp³-hybridized carbons (Fsp3) is 0.222. The van der Waals surface area contributed by atoms with Crippen molar-refractivity contribution in [2.75, 3.05) is 0 Å².